The molecule has 2 aliphatic heterocycles. The summed E-state index contributed by atoms with van der Waals surface area (Å²) in [5, 5.41) is 10.1. The summed E-state index contributed by atoms with van der Waals surface area (Å²) in [6, 6.07) is 9.89. The molecule has 3 rings (SSSR count). The fraction of sp³-hybridized carbons (Fsp3) is 0.500. The minimum absolute atomic E-state index is 0.0591. The van der Waals surface area contributed by atoms with Gasteiger partial charge in [0.05, 0.1) is 6.61 Å². The number of likely N-dealkylation sites (tertiary alicyclic amines) is 1. The van der Waals surface area contributed by atoms with Gasteiger partial charge in [-0.25, -0.2) is 0 Å². The second-order valence-corrected chi connectivity index (χ2v) is 5.13. The Bertz CT molecular complexity index is 461. The van der Waals surface area contributed by atoms with Gasteiger partial charge in [-0.3, -0.25) is 9.69 Å². The highest BCUT2D eigenvalue weighted by atomic mass is 16.5. The van der Waals surface area contributed by atoms with E-state index in [1.807, 2.05) is 42.2 Å². The highest BCUT2D eigenvalue weighted by Crippen LogP contribution is 2.47. The lowest BCUT2D eigenvalue weighted by molar-refractivity contribution is -0.228. The number of carbonyl (C=O) groups is 1. The van der Waals surface area contributed by atoms with Crippen LogP contribution in [0.15, 0.2) is 30.3 Å². The Morgan fingerprint density at radius 3 is 2.78 bits per heavy atom. The van der Waals surface area contributed by atoms with E-state index in [-0.39, 0.29) is 11.9 Å². The second-order valence-electron chi connectivity index (χ2n) is 5.13. The van der Waals surface area contributed by atoms with E-state index in [0.29, 0.717) is 19.6 Å². The first-order valence-electron chi connectivity index (χ1n) is 6.32. The molecule has 1 aromatic rings. The highest BCUT2D eigenvalue weighted by molar-refractivity contribution is 5.84. The predicted molar refractivity (Wildman–Crippen MR) is 65.5 cm³/mol. The number of esters is 1. The number of aliphatic hydroxyl groups excluding tert-OH is 1. The van der Waals surface area contributed by atoms with Gasteiger partial charge < -0.3 is 9.84 Å². The van der Waals surface area contributed by atoms with E-state index in [4.69, 9.17) is 4.74 Å². The lowest BCUT2D eigenvalue weighted by Gasteiger charge is -2.56. The van der Waals surface area contributed by atoms with Crippen LogP contribution in [0.4, 0.5) is 0 Å². The van der Waals surface area contributed by atoms with Crippen molar-refractivity contribution in [1.29, 1.82) is 0 Å². The lowest BCUT2D eigenvalue weighted by atomic mass is 9.72. The van der Waals surface area contributed by atoms with Crippen molar-refractivity contribution in [2.75, 3.05) is 6.61 Å². The molecular weight excluding hydrogens is 230 g/mol. The molecule has 96 valence electrons. The number of hydrogen-bond donors (Lipinski definition) is 1. The zero-order valence-electron chi connectivity index (χ0n) is 10.4. The predicted octanol–water partition coefficient (Wildman–Crippen LogP) is 1.14. The first kappa shape index (κ1) is 11.7. The number of nitrogens with zero attached hydrogens (tertiary/aromatic N) is 1. The average molecular weight is 247 g/mol. The molecule has 2 fully saturated rings. The standard InChI is InChI=1S/C14H17NO3/c1-10-12(16)15(9-11-5-3-2-4-6-11)14(10)7-8-18-13(14)17/h2-6,10,12,16H,7-9H2,1H3/t10-,12?,14+/m0/s1. The molecule has 4 nitrogen and oxygen atoms in total. The molecule has 2 saturated heterocycles. The molecule has 0 aromatic heterocycles. The van der Waals surface area contributed by atoms with Crippen LogP contribution in [0.25, 0.3) is 0 Å². The Kier molecular flexibility index (Phi) is 2.64. The smallest absolute Gasteiger partial charge is 0.327 e. The minimum atomic E-state index is -0.602. The van der Waals surface area contributed by atoms with Crippen molar-refractivity contribution in [3.05, 3.63) is 35.9 Å². The summed E-state index contributed by atoms with van der Waals surface area (Å²) in [4.78, 5) is 13.8. The third kappa shape index (κ3) is 1.42. The van der Waals surface area contributed by atoms with Crippen LogP contribution in [0.3, 0.4) is 0 Å². The van der Waals surface area contributed by atoms with Crippen molar-refractivity contribution >= 4 is 5.97 Å². The van der Waals surface area contributed by atoms with Gasteiger partial charge in [0.1, 0.15) is 11.8 Å². The maximum atomic E-state index is 12.0. The minimum Gasteiger partial charge on any atom is -0.464 e. The van der Waals surface area contributed by atoms with Gasteiger partial charge in [-0.05, 0) is 5.56 Å². The lowest BCUT2D eigenvalue weighted by Crippen LogP contribution is -2.73. The third-order valence-electron chi connectivity index (χ3n) is 4.30. The van der Waals surface area contributed by atoms with Gasteiger partial charge in [-0.2, -0.15) is 0 Å². The normalized spacial score (nSPS) is 35.6. The van der Waals surface area contributed by atoms with Crippen molar-refractivity contribution in [3.63, 3.8) is 0 Å². The number of cyclic esters (lactones) is 1. The van der Waals surface area contributed by atoms with Crippen molar-refractivity contribution in [1.82, 2.24) is 4.90 Å². The monoisotopic (exact) mass is 247 g/mol. The fourth-order valence-corrected chi connectivity index (χ4v) is 3.15. The van der Waals surface area contributed by atoms with Crippen LogP contribution in [0.2, 0.25) is 0 Å². The molecular formula is C14H17NO3. The summed E-state index contributed by atoms with van der Waals surface area (Å²) in [6.07, 6.45) is 0.118. The van der Waals surface area contributed by atoms with E-state index in [0.717, 1.165) is 5.56 Å². The number of aliphatic hydroxyl groups is 1. The number of rotatable bonds is 2. The molecule has 0 bridgehead atoms. The van der Waals surface area contributed by atoms with Crippen molar-refractivity contribution in [3.8, 4) is 0 Å². The molecule has 1 spiro atoms. The van der Waals surface area contributed by atoms with Gasteiger partial charge in [-0.15, -0.1) is 0 Å². The molecule has 0 aliphatic carbocycles. The fourth-order valence-electron chi connectivity index (χ4n) is 3.15. The van der Waals surface area contributed by atoms with Gasteiger partial charge in [0, 0.05) is 18.9 Å². The first-order chi connectivity index (χ1) is 8.66. The highest BCUT2D eigenvalue weighted by Gasteiger charge is 2.65. The van der Waals surface area contributed by atoms with Crippen molar-refractivity contribution in [2.45, 2.75) is 31.7 Å². The Hall–Kier alpha value is -1.39. The largest absolute Gasteiger partial charge is 0.464 e. The van der Waals surface area contributed by atoms with Crippen molar-refractivity contribution in [2.24, 2.45) is 5.92 Å². The number of ether oxygens (including phenoxy) is 1. The number of carbonyl (C=O) groups excluding carboxylic acids is 1. The zero-order chi connectivity index (χ0) is 12.8. The quantitative estimate of drug-likeness (QED) is 0.796. The maximum absolute atomic E-state index is 12.0. The molecule has 2 heterocycles. The second kappa shape index (κ2) is 4.07. The summed E-state index contributed by atoms with van der Waals surface area (Å²) >= 11 is 0. The van der Waals surface area contributed by atoms with Crippen LogP contribution < -0.4 is 0 Å². The molecule has 0 radical (unpaired) electrons. The van der Waals surface area contributed by atoms with Crippen molar-refractivity contribution < 1.29 is 14.6 Å². The third-order valence-corrected chi connectivity index (χ3v) is 4.30. The first-order valence-corrected chi connectivity index (χ1v) is 6.32. The Morgan fingerprint density at radius 1 is 1.44 bits per heavy atom. The Morgan fingerprint density at radius 2 is 2.17 bits per heavy atom. The molecule has 2 aliphatic rings. The van der Waals surface area contributed by atoms with E-state index in [1.165, 1.54) is 0 Å². The van der Waals surface area contributed by atoms with Crippen LogP contribution in [-0.2, 0) is 16.1 Å². The van der Waals surface area contributed by atoms with Gasteiger partial charge in [0.2, 0.25) is 0 Å². The van der Waals surface area contributed by atoms with Crippen LogP contribution in [0.1, 0.15) is 18.9 Å². The summed E-state index contributed by atoms with van der Waals surface area (Å²) in [6.45, 7) is 2.96. The summed E-state index contributed by atoms with van der Waals surface area (Å²) in [5.74, 6) is -0.243. The molecule has 18 heavy (non-hydrogen) atoms. The molecule has 0 saturated carbocycles. The molecule has 1 unspecified atom stereocenters. The molecule has 4 heteroatoms. The van der Waals surface area contributed by atoms with E-state index in [2.05, 4.69) is 0 Å². The Balaban J connectivity index is 1.85. The van der Waals surface area contributed by atoms with Crippen LogP contribution in [-0.4, -0.2) is 34.3 Å². The van der Waals surface area contributed by atoms with E-state index in [1.54, 1.807) is 0 Å². The van der Waals surface area contributed by atoms with Gasteiger partial charge in [0.15, 0.2) is 0 Å². The zero-order valence-corrected chi connectivity index (χ0v) is 10.4. The summed E-state index contributed by atoms with van der Waals surface area (Å²) in [5.41, 5.74) is 0.498. The Labute approximate surface area is 106 Å². The van der Waals surface area contributed by atoms with Gasteiger partial charge in [-0.1, -0.05) is 37.3 Å². The summed E-state index contributed by atoms with van der Waals surface area (Å²) < 4.78 is 5.11. The van der Waals surface area contributed by atoms with E-state index < -0.39 is 11.8 Å². The average Bonchev–Trinajstić information content (AvgIpc) is 2.80. The maximum Gasteiger partial charge on any atom is 0.327 e. The van der Waals surface area contributed by atoms with Gasteiger partial charge in [0.25, 0.3) is 0 Å². The van der Waals surface area contributed by atoms with Gasteiger partial charge >= 0.3 is 5.97 Å². The summed E-state index contributed by atoms with van der Waals surface area (Å²) in [7, 11) is 0. The molecule has 0 amide bonds. The van der Waals surface area contributed by atoms with Crippen LogP contribution in [0.5, 0.6) is 0 Å². The topological polar surface area (TPSA) is 49.8 Å². The van der Waals surface area contributed by atoms with Crippen LogP contribution >= 0.6 is 0 Å². The molecule has 1 N–H and O–H groups in total. The molecule has 1 aromatic carbocycles. The molecule has 3 atom stereocenters. The van der Waals surface area contributed by atoms with Crippen LogP contribution in [0, 0.1) is 5.92 Å². The number of hydrogen-bond acceptors (Lipinski definition) is 4. The van der Waals surface area contributed by atoms with E-state index in [9.17, 15) is 9.90 Å². The SMILES string of the molecule is C[C@H]1C(O)N(Cc2ccccc2)[C@]12CCOC2=O. The van der Waals surface area contributed by atoms with E-state index >= 15 is 0 Å². The number of benzene rings is 1.